The SMILES string of the molecule is C=CCSC(=O)N(CC=C)CCC. The predicted molar refractivity (Wildman–Crippen MR) is 60.1 cm³/mol. The van der Waals surface area contributed by atoms with Gasteiger partial charge in [-0.2, -0.15) is 0 Å². The van der Waals surface area contributed by atoms with Gasteiger partial charge in [0.25, 0.3) is 5.24 Å². The molecule has 0 aromatic heterocycles. The highest BCUT2D eigenvalue weighted by Gasteiger charge is 2.09. The van der Waals surface area contributed by atoms with Gasteiger partial charge in [0.1, 0.15) is 0 Å². The molecule has 0 saturated carbocycles. The van der Waals surface area contributed by atoms with Crippen molar-refractivity contribution in [1.29, 1.82) is 0 Å². The van der Waals surface area contributed by atoms with Gasteiger partial charge in [-0.1, -0.05) is 30.8 Å². The number of carbonyl (C=O) groups excluding carboxylic acids is 1. The standard InChI is InChI=1S/C10H17NOS/c1-4-7-11(8-5-2)10(12)13-9-6-3/h4,6H,1,3,5,7-9H2,2H3. The maximum absolute atomic E-state index is 11.5. The molecule has 13 heavy (non-hydrogen) atoms. The van der Waals surface area contributed by atoms with Crippen molar-refractivity contribution < 1.29 is 4.79 Å². The topological polar surface area (TPSA) is 20.3 Å². The first-order valence-corrected chi connectivity index (χ1v) is 5.38. The van der Waals surface area contributed by atoms with Gasteiger partial charge in [0.05, 0.1) is 0 Å². The van der Waals surface area contributed by atoms with E-state index in [-0.39, 0.29) is 5.24 Å². The highest BCUT2D eigenvalue weighted by Crippen LogP contribution is 2.09. The maximum atomic E-state index is 11.5. The predicted octanol–water partition coefficient (Wildman–Crippen LogP) is 2.92. The Morgan fingerprint density at radius 3 is 2.62 bits per heavy atom. The van der Waals surface area contributed by atoms with E-state index < -0.39 is 0 Å². The molecular formula is C10H17NOS. The molecule has 0 aliphatic heterocycles. The monoisotopic (exact) mass is 199 g/mol. The number of nitrogens with zero attached hydrogens (tertiary/aromatic N) is 1. The molecule has 3 heteroatoms. The van der Waals surface area contributed by atoms with E-state index in [1.54, 1.807) is 17.1 Å². The Morgan fingerprint density at radius 2 is 2.15 bits per heavy atom. The van der Waals surface area contributed by atoms with E-state index in [0.717, 1.165) is 13.0 Å². The first-order chi connectivity index (χ1) is 6.26. The van der Waals surface area contributed by atoms with E-state index in [4.69, 9.17) is 0 Å². The van der Waals surface area contributed by atoms with Crippen LogP contribution in [0.1, 0.15) is 13.3 Å². The molecule has 0 rings (SSSR count). The molecule has 0 spiro atoms. The van der Waals surface area contributed by atoms with E-state index in [9.17, 15) is 4.79 Å². The fraction of sp³-hybridized carbons (Fsp3) is 0.500. The van der Waals surface area contributed by atoms with Gasteiger partial charge in [0.2, 0.25) is 0 Å². The van der Waals surface area contributed by atoms with Gasteiger partial charge in [0.15, 0.2) is 0 Å². The largest absolute Gasteiger partial charge is 0.330 e. The number of hydrogen-bond acceptors (Lipinski definition) is 2. The van der Waals surface area contributed by atoms with Gasteiger partial charge < -0.3 is 4.90 Å². The molecule has 0 unspecified atom stereocenters. The maximum Gasteiger partial charge on any atom is 0.282 e. The zero-order chi connectivity index (χ0) is 10.1. The first-order valence-electron chi connectivity index (χ1n) is 4.39. The molecule has 1 amide bonds. The fourth-order valence-electron chi connectivity index (χ4n) is 0.904. The summed E-state index contributed by atoms with van der Waals surface area (Å²) in [7, 11) is 0. The Morgan fingerprint density at radius 1 is 1.46 bits per heavy atom. The average Bonchev–Trinajstić information content (AvgIpc) is 2.14. The molecule has 0 saturated heterocycles. The average molecular weight is 199 g/mol. The lowest BCUT2D eigenvalue weighted by molar-refractivity contribution is 0.228. The van der Waals surface area contributed by atoms with Crippen molar-refractivity contribution in [1.82, 2.24) is 4.90 Å². The van der Waals surface area contributed by atoms with Crippen molar-refractivity contribution >= 4 is 17.0 Å². The van der Waals surface area contributed by atoms with Crippen molar-refractivity contribution in [3.63, 3.8) is 0 Å². The van der Waals surface area contributed by atoms with Gasteiger partial charge in [0, 0.05) is 18.8 Å². The van der Waals surface area contributed by atoms with Gasteiger partial charge in [-0.05, 0) is 6.42 Å². The summed E-state index contributed by atoms with van der Waals surface area (Å²) in [6.07, 6.45) is 4.47. The van der Waals surface area contributed by atoms with E-state index in [2.05, 4.69) is 20.1 Å². The van der Waals surface area contributed by atoms with Crippen molar-refractivity contribution in [2.75, 3.05) is 18.8 Å². The number of rotatable bonds is 6. The normalized spacial score (nSPS) is 9.31. The number of carbonyl (C=O) groups is 1. The molecule has 0 N–H and O–H groups in total. The van der Waals surface area contributed by atoms with Crippen molar-refractivity contribution in [3.8, 4) is 0 Å². The number of thioether (sulfide) groups is 1. The minimum Gasteiger partial charge on any atom is -0.330 e. The van der Waals surface area contributed by atoms with Crippen LogP contribution in [0.4, 0.5) is 4.79 Å². The molecule has 0 radical (unpaired) electrons. The Labute approximate surface area is 84.7 Å². The molecule has 0 fully saturated rings. The molecule has 2 nitrogen and oxygen atoms in total. The van der Waals surface area contributed by atoms with Crippen molar-refractivity contribution in [2.24, 2.45) is 0 Å². The second kappa shape index (κ2) is 7.92. The zero-order valence-electron chi connectivity index (χ0n) is 8.16. The molecular weight excluding hydrogens is 182 g/mol. The van der Waals surface area contributed by atoms with Crippen LogP contribution in [-0.2, 0) is 0 Å². The van der Waals surface area contributed by atoms with Crippen LogP contribution < -0.4 is 0 Å². The quantitative estimate of drug-likeness (QED) is 0.613. The Kier molecular flexibility index (Phi) is 7.50. The smallest absolute Gasteiger partial charge is 0.282 e. The Balaban J connectivity index is 3.93. The van der Waals surface area contributed by atoms with Gasteiger partial charge >= 0.3 is 0 Å². The van der Waals surface area contributed by atoms with Crippen LogP contribution in [0, 0.1) is 0 Å². The molecule has 0 heterocycles. The third kappa shape index (κ3) is 5.53. The number of amides is 1. The molecule has 0 aromatic rings. The fourth-order valence-corrected chi connectivity index (χ4v) is 1.51. The second-order valence-corrected chi connectivity index (χ2v) is 3.57. The summed E-state index contributed by atoms with van der Waals surface area (Å²) in [5.74, 6) is 0.677. The lowest BCUT2D eigenvalue weighted by Crippen LogP contribution is -2.28. The van der Waals surface area contributed by atoms with Crippen LogP contribution in [0.3, 0.4) is 0 Å². The highest BCUT2D eigenvalue weighted by molar-refractivity contribution is 8.13. The summed E-state index contributed by atoms with van der Waals surface area (Å²) in [5.41, 5.74) is 0. The zero-order valence-corrected chi connectivity index (χ0v) is 8.98. The van der Waals surface area contributed by atoms with Crippen LogP contribution >= 0.6 is 11.8 Å². The summed E-state index contributed by atoms with van der Waals surface area (Å²) in [4.78, 5) is 13.3. The molecule has 0 aliphatic carbocycles. The van der Waals surface area contributed by atoms with E-state index >= 15 is 0 Å². The first kappa shape index (κ1) is 12.3. The van der Waals surface area contributed by atoms with Gasteiger partial charge in [-0.3, -0.25) is 4.79 Å². The van der Waals surface area contributed by atoms with E-state index in [0.29, 0.717) is 12.3 Å². The lowest BCUT2D eigenvalue weighted by atomic mass is 10.4. The molecule has 0 aliphatic rings. The minimum atomic E-state index is 0.113. The van der Waals surface area contributed by atoms with Crippen LogP contribution in [0.2, 0.25) is 0 Å². The third-order valence-electron chi connectivity index (χ3n) is 1.43. The van der Waals surface area contributed by atoms with Gasteiger partial charge in [-0.15, -0.1) is 13.2 Å². The Hall–Kier alpha value is -0.700. The second-order valence-electron chi connectivity index (χ2n) is 2.60. The summed E-state index contributed by atoms with van der Waals surface area (Å²) < 4.78 is 0. The van der Waals surface area contributed by atoms with Crippen molar-refractivity contribution in [2.45, 2.75) is 13.3 Å². The van der Waals surface area contributed by atoms with Gasteiger partial charge in [-0.25, -0.2) is 0 Å². The summed E-state index contributed by atoms with van der Waals surface area (Å²) in [5, 5.41) is 0.113. The van der Waals surface area contributed by atoms with Crippen molar-refractivity contribution in [3.05, 3.63) is 25.3 Å². The molecule has 0 atom stereocenters. The highest BCUT2D eigenvalue weighted by atomic mass is 32.2. The minimum absolute atomic E-state index is 0.113. The molecule has 0 bridgehead atoms. The number of hydrogen-bond donors (Lipinski definition) is 0. The summed E-state index contributed by atoms with van der Waals surface area (Å²) in [6, 6.07) is 0. The lowest BCUT2D eigenvalue weighted by Gasteiger charge is -2.18. The third-order valence-corrected chi connectivity index (χ3v) is 2.33. The van der Waals surface area contributed by atoms with Crippen LogP contribution in [0.5, 0.6) is 0 Å². The van der Waals surface area contributed by atoms with Crippen LogP contribution in [-0.4, -0.2) is 29.0 Å². The van der Waals surface area contributed by atoms with Crippen LogP contribution in [0.15, 0.2) is 25.3 Å². The summed E-state index contributed by atoms with van der Waals surface area (Å²) >= 11 is 1.29. The summed E-state index contributed by atoms with van der Waals surface area (Å²) in [6.45, 7) is 10.7. The van der Waals surface area contributed by atoms with E-state index in [1.165, 1.54) is 11.8 Å². The molecule has 0 aromatic carbocycles. The van der Waals surface area contributed by atoms with Crippen LogP contribution in [0.25, 0.3) is 0 Å². The Bertz CT molecular complexity index is 180. The molecule has 74 valence electrons. The van der Waals surface area contributed by atoms with E-state index in [1.807, 2.05) is 0 Å².